The number of benzene rings is 2. The van der Waals surface area contributed by atoms with E-state index in [2.05, 4.69) is 53.4 Å². The second kappa shape index (κ2) is 24.5. The van der Waals surface area contributed by atoms with Gasteiger partial charge in [0.15, 0.2) is 11.6 Å². The minimum absolute atomic E-state index is 0.0364. The van der Waals surface area contributed by atoms with Crippen molar-refractivity contribution in [1.82, 2.24) is 36.1 Å². The van der Waals surface area contributed by atoms with E-state index in [9.17, 15) is 33.6 Å². The van der Waals surface area contributed by atoms with Crippen molar-refractivity contribution in [2.45, 2.75) is 76.5 Å². The van der Waals surface area contributed by atoms with Gasteiger partial charge in [0, 0.05) is 62.7 Å². The van der Waals surface area contributed by atoms with Crippen molar-refractivity contribution in [2.24, 2.45) is 4.99 Å². The quantitative estimate of drug-likeness (QED) is 0.0434. The number of alkyl carbamates (subject to hydrolysis) is 1. The van der Waals surface area contributed by atoms with Gasteiger partial charge in [0.1, 0.15) is 30.4 Å². The molecular formula is C45H58N12O9. The van der Waals surface area contributed by atoms with Gasteiger partial charge in [0.05, 0.1) is 12.6 Å². The number of aromatic nitrogens is 2. The molecule has 1 fully saturated rings. The van der Waals surface area contributed by atoms with Crippen LogP contribution in [-0.2, 0) is 28.7 Å². The molecule has 3 heterocycles. The van der Waals surface area contributed by atoms with Gasteiger partial charge in [-0.1, -0.05) is 44.2 Å². The summed E-state index contributed by atoms with van der Waals surface area (Å²) in [6.45, 7) is 8.39. The molecular weight excluding hydrogens is 853 g/mol. The summed E-state index contributed by atoms with van der Waals surface area (Å²) in [6.07, 6.45) is 5.00. The number of carbonyl (C=O) groups excluding carboxylic acids is 7. The molecule has 0 aliphatic carbocycles. The monoisotopic (exact) mass is 910 g/mol. The molecule has 4 atom stereocenters. The molecule has 1 saturated heterocycles. The van der Waals surface area contributed by atoms with Crippen LogP contribution in [0, 0.1) is 0 Å². The third-order valence-electron chi connectivity index (χ3n) is 10.5. The molecule has 6 amide bonds. The first-order valence-electron chi connectivity index (χ1n) is 21.8. The molecule has 1 aromatic heterocycles. The Hall–Kier alpha value is -7.58. The second-order valence-electron chi connectivity index (χ2n) is 15.6. The van der Waals surface area contributed by atoms with Gasteiger partial charge < -0.3 is 51.6 Å². The van der Waals surface area contributed by atoms with E-state index in [4.69, 9.17) is 15.2 Å². The summed E-state index contributed by atoms with van der Waals surface area (Å²) >= 11 is 0. The van der Waals surface area contributed by atoms with Crippen LogP contribution in [0.25, 0.3) is 0 Å². The number of nitrogen functional groups attached to an aromatic ring is 1. The molecule has 0 radical (unpaired) electrons. The Balaban J connectivity index is 1.10. The average Bonchev–Trinajstić information content (AvgIpc) is 3.82. The van der Waals surface area contributed by atoms with Gasteiger partial charge in [-0.2, -0.15) is 9.97 Å². The molecule has 0 bridgehead atoms. The number of amides is 6. The second-order valence-corrected chi connectivity index (χ2v) is 15.6. The SMILES string of the molecule is C=CCOC(=O)[C@H](CCC(=O)NCCNC(=O)OCCCC)NC(=O)c1ccc(N(C)CC2C=Nc3nc(NC(=O)C4CCCN4C(=O)[C@@H](C)NC(=O)c4ccccc4)nc(N)c3N2)cc1. The number of esters is 1. The first-order valence-corrected chi connectivity index (χ1v) is 21.8. The molecule has 66 heavy (non-hydrogen) atoms. The van der Waals surface area contributed by atoms with Crippen LogP contribution < -0.4 is 42.5 Å². The number of ether oxygens (including phenoxy) is 2. The predicted octanol–water partition coefficient (Wildman–Crippen LogP) is 2.69. The van der Waals surface area contributed by atoms with E-state index in [0.29, 0.717) is 43.8 Å². The van der Waals surface area contributed by atoms with E-state index in [1.54, 1.807) is 67.7 Å². The van der Waals surface area contributed by atoms with E-state index in [0.717, 1.165) is 18.5 Å². The highest BCUT2D eigenvalue weighted by Crippen LogP contribution is 2.32. The van der Waals surface area contributed by atoms with Crippen molar-refractivity contribution in [1.29, 1.82) is 0 Å². The van der Waals surface area contributed by atoms with E-state index < -0.39 is 47.9 Å². The molecule has 3 aromatic rings. The maximum Gasteiger partial charge on any atom is 0.407 e. The van der Waals surface area contributed by atoms with Gasteiger partial charge in [-0.25, -0.2) is 14.6 Å². The van der Waals surface area contributed by atoms with Gasteiger partial charge in [0.2, 0.25) is 23.7 Å². The summed E-state index contributed by atoms with van der Waals surface area (Å²) in [4.78, 5) is 106. The number of fused-ring (bicyclic) bond motifs is 1. The largest absolute Gasteiger partial charge is 0.460 e. The molecule has 2 aliphatic heterocycles. The molecule has 5 rings (SSSR count). The number of nitrogens with zero attached hydrogens (tertiary/aromatic N) is 5. The molecule has 21 heteroatoms. The highest BCUT2D eigenvalue weighted by Gasteiger charge is 2.37. The number of aliphatic imine (C=N–C) groups is 1. The first kappa shape index (κ1) is 49.4. The van der Waals surface area contributed by atoms with Crippen LogP contribution in [0.5, 0.6) is 0 Å². The normalized spacial score (nSPS) is 15.7. The van der Waals surface area contributed by atoms with Crippen molar-refractivity contribution in [2.75, 3.05) is 67.7 Å². The van der Waals surface area contributed by atoms with Crippen molar-refractivity contribution in [3.05, 3.63) is 78.4 Å². The Bertz CT molecular complexity index is 2240. The first-order chi connectivity index (χ1) is 31.8. The minimum Gasteiger partial charge on any atom is -0.460 e. The fourth-order valence-corrected chi connectivity index (χ4v) is 7.00. The number of hydrogen-bond acceptors (Lipinski definition) is 15. The average molecular weight is 911 g/mol. The number of carbonyl (C=O) groups is 7. The summed E-state index contributed by atoms with van der Waals surface area (Å²) in [7, 11) is 1.85. The van der Waals surface area contributed by atoms with E-state index in [-0.39, 0.29) is 73.5 Å². The standard InChI is InChI=1S/C45H58N12O9/c1-5-7-25-66-45(64)48-22-21-47-35(58)20-19-33(43(63)65-24-6-2)52-40(60)30-15-17-32(18-16-30)56(4)27-31-26-49-38-36(51-31)37(46)53-44(54-38)55-41(61)34-14-11-23-57(34)42(62)28(3)50-39(59)29-12-9-8-10-13-29/h6,8-10,12-13,15-18,26,28,31,33-34,51H,2,5,7,11,14,19-25,27H2,1,3-4H3,(H,47,58)(H,48,64)(H,50,59)(H,52,60)(H3,46,53,54,55,61)/t28-,31?,33+,34?/m1/s1. The maximum absolute atomic E-state index is 13.4. The smallest absolute Gasteiger partial charge is 0.407 e. The summed E-state index contributed by atoms with van der Waals surface area (Å²) in [6, 6.07) is 12.1. The Labute approximate surface area is 382 Å². The number of unbranched alkanes of at least 4 members (excludes halogenated alkanes) is 1. The van der Waals surface area contributed by atoms with Crippen LogP contribution in [0.4, 0.5) is 33.8 Å². The summed E-state index contributed by atoms with van der Waals surface area (Å²) in [5.74, 6) is -2.74. The van der Waals surface area contributed by atoms with Gasteiger partial charge in [-0.15, -0.1) is 0 Å². The Morgan fingerprint density at radius 1 is 0.970 bits per heavy atom. The van der Waals surface area contributed by atoms with E-state index >= 15 is 0 Å². The molecule has 0 saturated carbocycles. The molecule has 2 aromatic carbocycles. The minimum atomic E-state index is -1.12. The number of anilines is 4. The summed E-state index contributed by atoms with van der Waals surface area (Å²) in [5.41, 5.74) is 8.14. The molecule has 2 unspecified atom stereocenters. The van der Waals surface area contributed by atoms with Crippen molar-refractivity contribution in [3.63, 3.8) is 0 Å². The lowest BCUT2D eigenvalue weighted by Gasteiger charge is -2.28. The van der Waals surface area contributed by atoms with Crippen LogP contribution in [0.1, 0.15) is 73.1 Å². The third kappa shape index (κ3) is 14.2. The lowest BCUT2D eigenvalue weighted by atomic mass is 10.1. The van der Waals surface area contributed by atoms with Crippen LogP contribution in [0.15, 0.2) is 72.2 Å². The Morgan fingerprint density at radius 2 is 1.68 bits per heavy atom. The van der Waals surface area contributed by atoms with Crippen molar-refractivity contribution in [3.8, 4) is 0 Å². The van der Waals surface area contributed by atoms with Crippen molar-refractivity contribution >= 4 is 76.8 Å². The number of rotatable bonds is 22. The van der Waals surface area contributed by atoms with Crippen molar-refractivity contribution < 1.29 is 43.0 Å². The topological polar surface area (TPSA) is 281 Å². The zero-order chi connectivity index (χ0) is 47.6. The third-order valence-corrected chi connectivity index (χ3v) is 10.5. The van der Waals surface area contributed by atoms with Gasteiger partial charge >= 0.3 is 12.1 Å². The number of hydrogen-bond donors (Lipinski definition) is 7. The Morgan fingerprint density at radius 3 is 2.41 bits per heavy atom. The molecule has 21 nitrogen and oxygen atoms in total. The number of nitrogens with two attached hydrogens (primary N) is 1. The fourth-order valence-electron chi connectivity index (χ4n) is 7.00. The summed E-state index contributed by atoms with van der Waals surface area (Å²) in [5, 5.41) is 16.5. The highest BCUT2D eigenvalue weighted by atomic mass is 16.5. The zero-order valence-electron chi connectivity index (χ0n) is 37.3. The number of likely N-dealkylation sites (N-methyl/N-ethyl adjacent to an activating group) is 1. The predicted molar refractivity (Wildman–Crippen MR) is 247 cm³/mol. The van der Waals surface area contributed by atoms with Crippen LogP contribution in [-0.4, -0.2) is 133 Å². The molecule has 8 N–H and O–H groups in total. The van der Waals surface area contributed by atoms with Gasteiger partial charge in [-0.05, 0) is 69.0 Å². The van der Waals surface area contributed by atoms with Gasteiger partial charge in [-0.3, -0.25) is 29.3 Å². The molecule has 352 valence electrons. The zero-order valence-corrected chi connectivity index (χ0v) is 37.3. The fraction of sp³-hybridized carbons (Fsp3) is 0.422. The van der Waals surface area contributed by atoms with Gasteiger partial charge in [0.25, 0.3) is 11.8 Å². The molecule has 0 spiro atoms. The summed E-state index contributed by atoms with van der Waals surface area (Å²) < 4.78 is 10.2. The van der Waals surface area contributed by atoms with Crippen LogP contribution >= 0.6 is 0 Å². The highest BCUT2D eigenvalue weighted by molar-refractivity contribution is 6.01. The number of nitrogens with one attached hydrogen (secondary N) is 6. The lowest BCUT2D eigenvalue weighted by molar-refractivity contribution is -0.145. The number of likely N-dealkylation sites (tertiary alicyclic amines) is 1. The van der Waals surface area contributed by atoms with E-state index in [1.807, 2.05) is 18.9 Å². The maximum atomic E-state index is 13.4. The molecule has 2 aliphatic rings. The lowest BCUT2D eigenvalue weighted by Crippen LogP contribution is -2.51. The van der Waals surface area contributed by atoms with Crippen LogP contribution in [0.3, 0.4) is 0 Å². The van der Waals surface area contributed by atoms with Crippen LogP contribution in [0.2, 0.25) is 0 Å². The van der Waals surface area contributed by atoms with E-state index in [1.165, 1.54) is 11.0 Å². The Kier molecular flexibility index (Phi) is 18.3.